The van der Waals surface area contributed by atoms with Gasteiger partial charge in [0.1, 0.15) is 5.75 Å². The minimum Gasteiger partial charge on any atom is -0.495 e. The van der Waals surface area contributed by atoms with Gasteiger partial charge in [-0.1, -0.05) is 0 Å². The number of nitro groups is 1. The minimum absolute atomic E-state index is 0.127. The topological polar surface area (TPSA) is 117 Å². The molecule has 9 nitrogen and oxygen atoms in total. The maximum atomic E-state index is 12.5. The fourth-order valence-electron chi connectivity index (χ4n) is 2.37. The van der Waals surface area contributed by atoms with E-state index in [0.29, 0.717) is 0 Å². The van der Waals surface area contributed by atoms with Crippen LogP contribution in [0.2, 0.25) is 0 Å². The van der Waals surface area contributed by atoms with Crippen LogP contribution in [0.3, 0.4) is 0 Å². The van der Waals surface area contributed by atoms with Crippen molar-refractivity contribution in [3.63, 3.8) is 0 Å². The number of benzene rings is 1. The number of non-ortho nitro benzene ring substituents is 1. The number of amides is 1. The number of rotatable bonds is 6. The van der Waals surface area contributed by atoms with Crippen LogP contribution >= 0.6 is 0 Å². The first-order chi connectivity index (χ1) is 12.1. The van der Waals surface area contributed by atoms with Gasteiger partial charge in [0, 0.05) is 12.1 Å². The second kappa shape index (κ2) is 7.38. The van der Waals surface area contributed by atoms with Gasteiger partial charge in [-0.15, -0.1) is 0 Å². The van der Waals surface area contributed by atoms with Crippen LogP contribution in [0.15, 0.2) is 18.2 Å². The quantitative estimate of drug-likeness (QED) is 0.466. The first-order valence-corrected chi connectivity index (χ1v) is 8.00. The number of hydrogen-bond donors (Lipinski definition) is 1. The molecule has 1 aliphatic rings. The highest BCUT2D eigenvalue weighted by Crippen LogP contribution is 2.32. The van der Waals surface area contributed by atoms with Crippen LogP contribution in [0.25, 0.3) is 0 Å². The molecule has 1 amide bonds. The van der Waals surface area contributed by atoms with Gasteiger partial charge in [0.2, 0.25) is 5.91 Å². The van der Waals surface area contributed by atoms with Crippen molar-refractivity contribution in [2.75, 3.05) is 25.6 Å². The van der Waals surface area contributed by atoms with Gasteiger partial charge in [0.05, 0.1) is 42.8 Å². The molecule has 2 rings (SSSR count). The van der Waals surface area contributed by atoms with Crippen molar-refractivity contribution in [1.29, 1.82) is 0 Å². The maximum absolute atomic E-state index is 12.5. The third-order valence-electron chi connectivity index (χ3n) is 4.14. The number of carbonyl (C=O) groups excluding carboxylic acids is 2. The van der Waals surface area contributed by atoms with E-state index in [0.717, 1.165) is 0 Å². The Morgan fingerprint density at radius 1 is 1.27 bits per heavy atom. The van der Waals surface area contributed by atoms with Crippen LogP contribution < -0.4 is 10.1 Å². The number of ketones is 1. The zero-order valence-corrected chi connectivity index (χ0v) is 15.2. The largest absolute Gasteiger partial charge is 0.495 e. The molecule has 142 valence electrons. The Morgan fingerprint density at radius 2 is 1.88 bits per heavy atom. The van der Waals surface area contributed by atoms with E-state index in [9.17, 15) is 19.7 Å². The van der Waals surface area contributed by atoms with E-state index in [4.69, 9.17) is 14.2 Å². The van der Waals surface area contributed by atoms with Gasteiger partial charge in [0.25, 0.3) is 5.69 Å². The van der Waals surface area contributed by atoms with E-state index >= 15 is 0 Å². The fraction of sp³-hybridized carbons (Fsp3) is 0.529. The summed E-state index contributed by atoms with van der Waals surface area (Å²) in [7, 11) is 1.38. The van der Waals surface area contributed by atoms with E-state index in [-0.39, 0.29) is 36.1 Å². The lowest BCUT2D eigenvalue weighted by molar-refractivity contribution is -0.384. The number of methoxy groups -OCH3 is 1. The van der Waals surface area contributed by atoms with E-state index in [1.165, 1.54) is 25.3 Å². The Bertz CT molecular complexity index is 720. The van der Waals surface area contributed by atoms with Gasteiger partial charge in [-0.3, -0.25) is 19.7 Å². The van der Waals surface area contributed by atoms with Crippen molar-refractivity contribution in [2.45, 2.75) is 33.0 Å². The average Bonchev–Trinajstić information content (AvgIpc) is 2.57. The number of nitro benzene ring substituents is 1. The number of carbonyl (C=O) groups is 2. The van der Waals surface area contributed by atoms with Gasteiger partial charge >= 0.3 is 0 Å². The summed E-state index contributed by atoms with van der Waals surface area (Å²) in [5, 5.41) is 13.4. The molecule has 0 unspecified atom stereocenters. The summed E-state index contributed by atoms with van der Waals surface area (Å²) in [6.07, 6.45) is -0.407. The molecule has 1 saturated heterocycles. The third-order valence-corrected chi connectivity index (χ3v) is 4.14. The van der Waals surface area contributed by atoms with Crippen molar-refractivity contribution in [3.05, 3.63) is 28.3 Å². The number of nitrogens with zero attached hydrogens (tertiary/aromatic N) is 1. The predicted octanol–water partition coefficient (Wildman–Crippen LogP) is 2.29. The number of ether oxygens (including phenoxy) is 3. The lowest BCUT2D eigenvalue weighted by Crippen LogP contribution is -2.49. The lowest BCUT2D eigenvalue weighted by atomic mass is 9.84. The average molecular weight is 366 g/mol. The zero-order valence-electron chi connectivity index (χ0n) is 15.2. The molecule has 0 atom stereocenters. The molecule has 0 bridgehead atoms. The van der Waals surface area contributed by atoms with Crippen molar-refractivity contribution < 1.29 is 28.7 Å². The normalized spacial score (nSPS) is 18.0. The molecule has 26 heavy (non-hydrogen) atoms. The van der Waals surface area contributed by atoms with Crippen molar-refractivity contribution in [1.82, 2.24) is 0 Å². The van der Waals surface area contributed by atoms with Crippen LogP contribution in [-0.2, 0) is 19.1 Å². The maximum Gasteiger partial charge on any atom is 0.271 e. The molecule has 1 aliphatic heterocycles. The second-order valence-electron chi connectivity index (χ2n) is 6.83. The molecule has 1 aromatic rings. The molecular weight excluding hydrogens is 344 g/mol. The van der Waals surface area contributed by atoms with Gasteiger partial charge in [-0.05, 0) is 26.8 Å². The summed E-state index contributed by atoms with van der Waals surface area (Å²) in [6.45, 7) is 5.46. The van der Waals surface area contributed by atoms with Gasteiger partial charge < -0.3 is 19.5 Å². The standard InChI is InChI=1S/C17H22N2O7/c1-16(2)25-9-17(3,10-26-16)14(20)8-15(21)18-12-7-11(19(22)23)5-6-13(12)24-4/h5-7H,8-10H2,1-4H3,(H,18,21). The summed E-state index contributed by atoms with van der Waals surface area (Å²) >= 11 is 0. The van der Waals surface area contributed by atoms with Crippen molar-refractivity contribution in [3.8, 4) is 5.75 Å². The van der Waals surface area contributed by atoms with E-state index in [2.05, 4.69) is 5.32 Å². The van der Waals surface area contributed by atoms with Crippen LogP contribution in [0.1, 0.15) is 27.2 Å². The van der Waals surface area contributed by atoms with Crippen molar-refractivity contribution in [2.24, 2.45) is 5.41 Å². The van der Waals surface area contributed by atoms with Crippen LogP contribution in [-0.4, -0.2) is 42.7 Å². The molecule has 0 aromatic heterocycles. The molecule has 9 heteroatoms. The first-order valence-electron chi connectivity index (χ1n) is 8.00. The summed E-state index contributed by atoms with van der Waals surface area (Å²) in [6, 6.07) is 3.82. The molecule has 0 saturated carbocycles. The van der Waals surface area contributed by atoms with E-state index in [1.54, 1.807) is 20.8 Å². The minimum atomic E-state index is -0.931. The smallest absolute Gasteiger partial charge is 0.271 e. The Balaban J connectivity index is 2.06. The summed E-state index contributed by atoms with van der Waals surface area (Å²) < 4.78 is 16.1. The zero-order chi connectivity index (χ0) is 19.5. The van der Waals surface area contributed by atoms with Gasteiger partial charge in [-0.25, -0.2) is 0 Å². The monoisotopic (exact) mass is 366 g/mol. The summed E-state index contributed by atoms with van der Waals surface area (Å²) in [5.74, 6) is -1.44. The van der Waals surface area contributed by atoms with E-state index < -0.39 is 28.5 Å². The number of hydrogen-bond acceptors (Lipinski definition) is 7. The van der Waals surface area contributed by atoms with Gasteiger partial charge in [-0.2, -0.15) is 0 Å². The Morgan fingerprint density at radius 3 is 2.42 bits per heavy atom. The molecule has 0 aliphatic carbocycles. The van der Waals surface area contributed by atoms with Gasteiger partial charge in [0.15, 0.2) is 11.6 Å². The molecule has 1 N–H and O–H groups in total. The molecule has 0 radical (unpaired) electrons. The highest BCUT2D eigenvalue weighted by atomic mass is 16.7. The van der Waals surface area contributed by atoms with Crippen LogP contribution in [0.4, 0.5) is 11.4 Å². The molecule has 1 fully saturated rings. The Kier molecular flexibility index (Phi) is 5.62. The van der Waals surface area contributed by atoms with Crippen molar-refractivity contribution >= 4 is 23.1 Å². The molecular formula is C17H22N2O7. The summed E-state index contributed by atoms with van der Waals surface area (Å²) in [5.41, 5.74) is -1.00. The predicted molar refractivity (Wildman–Crippen MR) is 92.0 cm³/mol. The fourth-order valence-corrected chi connectivity index (χ4v) is 2.37. The number of Topliss-reactive ketones (excluding diaryl/α,β-unsaturated/α-hetero) is 1. The third kappa shape index (κ3) is 4.55. The molecule has 0 spiro atoms. The number of nitrogens with one attached hydrogen (secondary N) is 1. The molecule has 1 heterocycles. The second-order valence-corrected chi connectivity index (χ2v) is 6.83. The Labute approximate surface area is 150 Å². The lowest BCUT2D eigenvalue weighted by Gasteiger charge is -2.40. The Hall–Kier alpha value is -2.52. The first kappa shape index (κ1) is 19.8. The highest BCUT2D eigenvalue weighted by Gasteiger charge is 2.42. The SMILES string of the molecule is COc1ccc([N+](=O)[O-])cc1NC(=O)CC(=O)C1(C)COC(C)(C)OC1. The van der Waals surface area contributed by atoms with Crippen LogP contribution in [0, 0.1) is 15.5 Å². The highest BCUT2D eigenvalue weighted by molar-refractivity contribution is 6.06. The number of anilines is 1. The van der Waals surface area contributed by atoms with E-state index in [1.807, 2.05) is 0 Å². The summed E-state index contributed by atoms with van der Waals surface area (Å²) in [4.78, 5) is 35.1. The molecule has 1 aromatic carbocycles. The van der Waals surface area contributed by atoms with Crippen LogP contribution in [0.5, 0.6) is 5.75 Å².